The second-order valence-electron chi connectivity index (χ2n) is 3.02. The second-order valence-corrected chi connectivity index (χ2v) is 3.02. The summed E-state index contributed by atoms with van der Waals surface area (Å²) in [5.41, 5.74) is 0. The molecule has 0 fully saturated rings. The van der Waals surface area contributed by atoms with Crippen LogP contribution in [0.4, 0.5) is 0 Å². The first-order chi connectivity index (χ1) is 9.41. The van der Waals surface area contributed by atoms with E-state index < -0.39 is 0 Å². The molecule has 0 unspecified atom stereocenters. The third-order valence-electron chi connectivity index (χ3n) is 1.33. The van der Waals surface area contributed by atoms with Crippen LogP contribution < -0.4 is 0 Å². The van der Waals surface area contributed by atoms with Crippen LogP contribution in [-0.4, -0.2) is 0 Å². The molecule has 0 bridgehead atoms. The molecule has 0 aromatic heterocycles. The van der Waals surface area contributed by atoms with Gasteiger partial charge in [0.05, 0.1) is 0 Å². The Bertz CT molecular complexity index is 188. The maximum Gasteiger partial charge on any atom is -0.0590 e. The highest BCUT2D eigenvalue weighted by molar-refractivity contribution is 4.99. The Hall–Kier alpha value is -1.56. The summed E-state index contributed by atoms with van der Waals surface area (Å²) in [5.74, 6) is 0. The largest absolute Gasteiger partial charge is 0.0776 e. The molecule has 0 radical (unpaired) electrons. The van der Waals surface area contributed by atoms with E-state index in [4.69, 9.17) is 0 Å². The highest BCUT2D eigenvalue weighted by Crippen LogP contribution is 1.80. The molecular formula is C22H44. The molecule has 2 aromatic carbocycles. The van der Waals surface area contributed by atoms with E-state index in [1.807, 2.05) is 100 Å². The van der Waals surface area contributed by atoms with Crippen LogP contribution in [0, 0.1) is 0 Å². The zero-order valence-electron chi connectivity index (χ0n) is 13.6. The highest BCUT2D eigenvalue weighted by atomic mass is 13.7. The Balaban J connectivity index is -0.0000000382. The predicted octanol–water partition coefficient (Wildman–Crippen LogP) is 8.75. The van der Waals surface area contributed by atoms with Crippen LogP contribution in [0.15, 0.2) is 72.8 Å². The normalized spacial score (nSPS) is 5.73. The molecule has 2 rings (SSSR count). The van der Waals surface area contributed by atoms with Gasteiger partial charge in [-0.1, -0.05) is 143 Å². The average Bonchev–Trinajstić information content (AvgIpc) is 2.56. The van der Waals surface area contributed by atoms with Gasteiger partial charge in [0.15, 0.2) is 0 Å². The van der Waals surface area contributed by atoms with E-state index in [0.717, 1.165) is 0 Å². The van der Waals surface area contributed by atoms with Crippen LogP contribution >= 0.6 is 0 Å². The summed E-state index contributed by atoms with van der Waals surface area (Å²) >= 11 is 0. The fourth-order valence-electron chi connectivity index (χ4n) is 0.770. The van der Waals surface area contributed by atoms with Gasteiger partial charge in [0.2, 0.25) is 0 Å². The summed E-state index contributed by atoms with van der Waals surface area (Å²) in [4.78, 5) is 0. The van der Waals surface area contributed by atoms with Crippen molar-refractivity contribution in [2.75, 3.05) is 0 Å². The fourth-order valence-corrected chi connectivity index (χ4v) is 0.770. The van der Waals surface area contributed by atoms with Gasteiger partial charge in [-0.3, -0.25) is 0 Å². The van der Waals surface area contributed by atoms with Gasteiger partial charge < -0.3 is 0 Å². The Morgan fingerprint density at radius 2 is 0.409 bits per heavy atom. The van der Waals surface area contributed by atoms with Crippen molar-refractivity contribution < 1.29 is 0 Å². The van der Waals surface area contributed by atoms with Crippen molar-refractivity contribution in [3.8, 4) is 0 Å². The molecule has 0 saturated heterocycles. The molecule has 0 heterocycles. The molecule has 0 aliphatic carbocycles. The van der Waals surface area contributed by atoms with E-state index in [9.17, 15) is 0 Å². The Kier molecular flexibility index (Phi) is 85.1. The lowest BCUT2D eigenvalue weighted by Gasteiger charge is -1.69. The van der Waals surface area contributed by atoms with Crippen molar-refractivity contribution in [1.29, 1.82) is 0 Å². The Morgan fingerprint density at radius 3 is 0.455 bits per heavy atom. The molecule has 0 aliphatic heterocycles. The quantitative estimate of drug-likeness (QED) is 0.456. The van der Waals surface area contributed by atoms with Crippen molar-refractivity contribution in [3.05, 3.63) is 72.8 Å². The lowest BCUT2D eigenvalue weighted by molar-refractivity contribution is 1.09. The molecule has 0 N–H and O–H groups in total. The molecular weight excluding hydrogens is 264 g/mol. The standard InChI is InChI=1S/2C6H6.C3H8.2C2H6.3CH4/c2*1-2-4-6-5-3-1;1-3-2;2*1-2;;;/h2*1-6H;3H2,1-2H3;2*1-2H3;3*1H4. The Morgan fingerprint density at radius 1 is 0.364 bits per heavy atom. The molecule has 0 saturated carbocycles. The van der Waals surface area contributed by atoms with E-state index >= 15 is 0 Å². The van der Waals surface area contributed by atoms with Gasteiger partial charge >= 0.3 is 0 Å². The second kappa shape index (κ2) is 50.5. The molecule has 0 spiro atoms. The van der Waals surface area contributed by atoms with Crippen molar-refractivity contribution in [3.63, 3.8) is 0 Å². The van der Waals surface area contributed by atoms with Crippen molar-refractivity contribution in [2.45, 2.75) is 70.2 Å². The highest BCUT2D eigenvalue weighted by Gasteiger charge is 1.58. The molecule has 0 amide bonds. The molecule has 2 aromatic rings. The van der Waals surface area contributed by atoms with Gasteiger partial charge in [-0.05, 0) is 0 Å². The van der Waals surface area contributed by atoms with Gasteiger partial charge in [0.1, 0.15) is 0 Å². The lowest BCUT2D eigenvalue weighted by Crippen LogP contribution is -1.47. The molecule has 0 heteroatoms. The average molecular weight is 309 g/mol. The van der Waals surface area contributed by atoms with E-state index in [0.29, 0.717) is 0 Å². The lowest BCUT2D eigenvalue weighted by atomic mass is 10.4. The zero-order valence-corrected chi connectivity index (χ0v) is 13.6. The minimum Gasteiger partial charge on any atom is -0.0776 e. The first kappa shape index (κ1) is 37.0. The van der Waals surface area contributed by atoms with E-state index in [-0.39, 0.29) is 22.3 Å². The van der Waals surface area contributed by atoms with E-state index in [1.165, 1.54) is 6.42 Å². The van der Waals surface area contributed by atoms with Crippen molar-refractivity contribution in [2.24, 2.45) is 0 Å². The number of benzene rings is 2. The molecule has 132 valence electrons. The third kappa shape index (κ3) is 51.5. The van der Waals surface area contributed by atoms with Crippen LogP contribution in [0.25, 0.3) is 0 Å². The molecule has 0 aliphatic rings. The summed E-state index contributed by atoms with van der Waals surface area (Å²) < 4.78 is 0. The summed E-state index contributed by atoms with van der Waals surface area (Å²) in [6, 6.07) is 24.0. The smallest absolute Gasteiger partial charge is 0.0590 e. The van der Waals surface area contributed by atoms with Gasteiger partial charge in [0, 0.05) is 0 Å². The van der Waals surface area contributed by atoms with E-state index in [1.54, 1.807) is 0 Å². The van der Waals surface area contributed by atoms with Crippen molar-refractivity contribution in [1.82, 2.24) is 0 Å². The van der Waals surface area contributed by atoms with Crippen LogP contribution in [-0.2, 0) is 0 Å². The first-order valence-electron chi connectivity index (χ1n) is 7.41. The monoisotopic (exact) mass is 308 g/mol. The van der Waals surface area contributed by atoms with Gasteiger partial charge in [-0.15, -0.1) is 0 Å². The third-order valence-corrected chi connectivity index (χ3v) is 1.33. The minimum atomic E-state index is 0. The van der Waals surface area contributed by atoms with Gasteiger partial charge in [-0.2, -0.15) is 0 Å². The summed E-state index contributed by atoms with van der Waals surface area (Å²) in [6.07, 6.45) is 1.25. The van der Waals surface area contributed by atoms with Crippen molar-refractivity contribution >= 4 is 0 Å². The van der Waals surface area contributed by atoms with Gasteiger partial charge in [-0.25, -0.2) is 0 Å². The predicted molar refractivity (Wildman–Crippen MR) is 112 cm³/mol. The maximum absolute atomic E-state index is 2.12. The summed E-state index contributed by atoms with van der Waals surface area (Å²) in [6.45, 7) is 12.2. The van der Waals surface area contributed by atoms with Gasteiger partial charge in [0.25, 0.3) is 0 Å². The minimum absolute atomic E-state index is 0. The number of hydrogen-bond donors (Lipinski definition) is 0. The van der Waals surface area contributed by atoms with Crippen LogP contribution in [0.2, 0.25) is 0 Å². The summed E-state index contributed by atoms with van der Waals surface area (Å²) in [5, 5.41) is 0. The molecule has 0 atom stereocenters. The molecule has 22 heavy (non-hydrogen) atoms. The Labute approximate surface area is 143 Å². The zero-order chi connectivity index (χ0) is 15.2. The molecule has 0 nitrogen and oxygen atoms in total. The number of rotatable bonds is 0. The van der Waals surface area contributed by atoms with E-state index in [2.05, 4.69) is 13.8 Å². The fraction of sp³-hybridized carbons (Fsp3) is 0.455. The summed E-state index contributed by atoms with van der Waals surface area (Å²) in [7, 11) is 0. The maximum atomic E-state index is 2.12. The SMILES string of the molecule is C.C.C.CC.CC.CCC.c1ccccc1.c1ccccc1. The number of hydrogen-bond acceptors (Lipinski definition) is 0. The van der Waals surface area contributed by atoms with Crippen LogP contribution in [0.5, 0.6) is 0 Å². The van der Waals surface area contributed by atoms with Crippen LogP contribution in [0.1, 0.15) is 70.2 Å². The topological polar surface area (TPSA) is 0 Å². The van der Waals surface area contributed by atoms with Crippen LogP contribution in [0.3, 0.4) is 0 Å². The first-order valence-corrected chi connectivity index (χ1v) is 7.41.